The van der Waals surface area contributed by atoms with Crippen LogP contribution in [0.3, 0.4) is 0 Å². The number of nitrogens with zero attached hydrogens (tertiary/aromatic N) is 4. The second-order valence-electron chi connectivity index (χ2n) is 3.62. The monoisotopic (exact) mass is 318 g/mol. The second-order valence-corrected chi connectivity index (χ2v) is 4.87. The van der Waals surface area contributed by atoms with Crippen molar-refractivity contribution in [2.45, 2.75) is 6.92 Å². The largest absolute Gasteiger partial charge is 0.338 e. The number of rotatable bonds is 2. The van der Waals surface area contributed by atoms with Gasteiger partial charge in [0.2, 0.25) is 5.95 Å². The molecule has 0 aromatic carbocycles. The summed E-state index contributed by atoms with van der Waals surface area (Å²) >= 11 is 2.22. The van der Waals surface area contributed by atoms with Crippen molar-refractivity contribution in [1.82, 2.24) is 14.9 Å². The highest BCUT2D eigenvalue weighted by atomic mass is 127. The molecule has 1 aromatic heterocycles. The van der Waals surface area contributed by atoms with Crippen LogP contribution < -0.4 is 4.90 Å². The van der Waals surface area contributed by atoms with Gasteiger partial charge in [0.25, 0.3) is 0 Å². The van der Waals surface area contributed by atoms with Crippen molar-refractivity contribution in [3.05, 3.63) is 16.0 Å². The van der Waals surface area contributed by atoms with Crippen molar-refractivity contribution in [3.63, 3.8) is 0 Å². The molecule has 2 heterocycles. The molecule has 4 nitrogen and oxygen atoms in total. The van der Waals surface area contributed by atoms with Gasteiger partial charge in [0, 0.05) is 42.1 Å². The standard InChI is InChI=1S/C10H15IN4/c1-2-14-3-5-15(6-4-14)10-12-7-9(11)8-13-10/h7-8H,2-6H2,1H3. The van der Waals surface area contributed by atoms with Crippen molar-refractivity contribution in [2.24, 2.45) is 0 Å². The van der Waals surface area contributed by atoms with Gasteiger partial charge in [0.05, 0.1) is 0 Å². The lowest BCUT2D eigenvalue weighted by Crippen LogP contribution is -2.46. The van der Waals surface area contributed by atoms with Crippen molar-refractivity contribution >= 4 is 28.5 Å². The summed E-state index contributed by atoms with van der Waals surface area (Å²) in [5.74, 6) is 0.867. The Bertz CT molecular complexity index is 306. The van der Waals surface area contributed by atoms with Gasteiger partial charge in [-0.2, -0.15) is 0 Å². The van der Waals surface area contributed by atoms with Gasteiger partial charge >= 0.3 is 0 Å². The van der Waals surface area contributed by atoms with Gasteiger partial charge in [-0.3, -0.25) is 0 Å². The highest BCUT2D eigenvalue weighted by Gasteiger charge is 2.17. The van der Waals surface area contributed by atoms with Gasteiger partial charge in [-0.1, -0.05) is 6.92 Å². The Morgan fingerprint density at radius 3 is 2.33 bits per heavy atom. The molecule has 15 heavy (non-hydrogen) atoms. The van der Waals surface area contributed by atoms with Crippen LogP contribution in [0.1, 0.15) is 6.92 Å². The zero-order valence-corrected chi connectivity index (χ0v) is 11.0. The predicted molar refractivity (Wildman–Crippen MR) is 69.1 cm³/mol. The smallest absolute Gasteiger partial charge is 0.225 e. The maximum Gasteiger partial charge on any atom is 0.225 e. The number of piperazine rings is 1. The highest BCUT2D eigenvalue weighted by molar-refractivity contribution is 14.1. The van der Waals surface area contributed by atoms with E-state index >= 15 is 0 Å². The van der Waals surface area contributed by atoms with Gasteiger partial charge in [-0.05, 0) is 29.1 Å². The molecule has 1 aliphatic rings. The molecule has 1 aromatic rings. The molecule has 0 saturated carbocycles. The first-order valence-electron chi connectivity index (χ1n) is 5.24. The minimum absolute atomic E-state index is 0.867. The number of halogens is 1. The van der Waals surface area contributed by atoms with Gasteiger partial charge in [0.1, 0.15) is 0 Å². The molecule has 0 amide bonds. The summed E-state index contributed by atoms with van der Waals surface area (Å²) in [7, 11) is 0. The third-order valence-electron chi connectivity index (χ3n) is 2.71. The van der Waals surface area contributed by atoms with Crippen LogP contribution in [0.25, 0.3) is 0 Å². The average molecular weight is 318 g/mol. The highest BCUT2D eigenvalue weighted by Crippen LogP contribution is 2.11. The average Bonchev–Trinajstić information content (AvgIpc) is 2.30. The number of hydrogen-bond donors (Lipinski definition) is 0. The van der Waals surface area contributed by atoms with Crippen molar-refractivity contribution < 1.29 is 0 Å². The van der Waals surface area contributed by atoms with Crippen LogP contribution in [-0.2, 0) is 0 Å². The molecule has 0 radical (unpaired) electrons. The van der Waals surface area contributed by atoms with Crippen LogP contribution >= 0.6 is 22.6 Å². The zero-order valence-electron chi connectivity index (χ0n) is 8.86. The fraction of sp³-hybridized carbons (Fsp3) is 0.600. The van der Waals surface area contributed by atoms with E-state index in [4.69, 9.17) is 0 Å². The summed E-state index contributed by atoms with van der Waals surface area (Å²) in [6, 6.07) is 0. The molecule has 0 unspecified atom stereocenters. The lowest BCUT2D eigenvalue weighted by Gasteiger charge is -2.33. The van der Waals surface area contributed by atoms with E-state index in [1.165, 1.54) is 0 Å². The third kappa shape index (κ3) is 2.78. The van der Waals surface area contributed by atoms with E-state index in [1.54, 1.807) is 0 Å². The Hall–Kier alpha value is -0.430. The molecule has 1 saturated heterocycles. The molecule has 1 aliphatic heterocycles. The molecule has 2 rings (SSSR count). The van der Waals surface area contributed by atoms with E-state index in [1.807, 2.05) is 12.4 Å². The quantitative estimate of drug-likeness (QED) is 0.768. The van der Waals surface area contributed by atoms with E-state index in [0.29, 0.717) is 0 Å². The van der Waals surface area contributed by atoms with Gasteiger partial charge in [-0.25, -0.2) is 9.97 Å². The summed E-state index contributed by atoms with van der Waals surface area (Å²) in [5.41, 5.74) is 0. The minimum Gasteiger partial charge on any atom is -0.338 e. The summed E-state index contributed by atoms with van der Waals surface area (Å²) < 4.78 is 1.09. The fourth-order valence-electron chi connectivity index (χ4n) is 1.73. The lowest BCUT2D eigenvalue weighted by molar-refractivity contribution is 0.270. The van der Waals surface area contributed by atoms with E-state index < -0.39 is 0 Å². The van der Waals surface area contributed by atoms with Crippen molar-refractivity contribution in [2.75, 3.05) is 37.6 Å². The topological polar surface area (TPSA) is 32.3 Å². The predicted octanol–water partition coefficient (Wildman–Crippen LogP) is 1.22. The first kappa shape index (κ1) is 11.1. The number of anilines is 1. The van der Waals surface area contributed by atoms with Gasteiger partial charge < -0.3 is 9.80 Å². The van der Waals surface area contributed by atoms with Crippen molar-refractivity contribution in [1.29, 1.82) is 0 Å². The van der Waals surface area contributed by atoms with Crippen molar-refractivity contribution in [3.8, 4) is 0 Å². The van der Waals surface area contributed by atoms with E-state index in [0.717, 1.165) is 42.2 Å². The normalized spacial score (nSPS) is 18.1. The zero-order chi connectivity index (χ0) is 10.7. The Balaban J connectivity index is 1.98. The summed E-state index contributed by atoms with van der Waals surface area (Å²) in [6.07, 6.45) is 3.74. The number of likely N-dealkylation sites (N-methyl/N-ethyl adjacent to an activating group) is 1. The Morgan fingerprint density at radius 2 is 1.80 bits per heavy atom. The van der Waals surface area contributed by atoms with Crippen LogP contribution in [0.5, 0.6) is 0 Å². The minimum atomic E-state index is 0.867. The molecular weight excluding hydrogens is 303 g/mol. The molecule has 0 aliphatic carbocycles. The van der Waals surface area contributed by atoms with Gasteiger partial charge in [0.15, 0.2) is 0 Å². The molecule has 0 bridgehead atoms. The summed E-state index contributed by atoms with van der Waals surface area (Å²) in [4.78, 5) is 13.4. The molecule has 0 spiro atoms. The number of hydrogen-bond acceptors (Lipinski definition) is 4. The molecule has 82 valence electrons. The first-order valence-corrected chi connectivity index (χ1v) is 6.32. The lowest BCUT2D eigenvalue weighted by atomic mass is 10.3. The Kier molecular flexibility index (Phi) is 3.74. The van der Waals surface area contributed by atoms with E-state index in [2.05, 4.69) is 49.3 Å². The van der Waals surface area contributed by atoms with Crippen LogP contribution in [0, 0.1) is 3.57 Å². The second kappa shape index (κ2) is 5.07. The molecule has 1 fully saturated rings. The van der Waals surface area contributed by atoms with E-state index in [9.17, 15) is 0 Å². The number of aromatic nitrogens is 2. The SMILES string of the molecule is CCN1CCN(c2ncc(I)cn2)CC1. The first-order chi connectivity index (χ1) is 7.29. The molecule has 0 atom stereocenters. The third-order valence-corrected chi connectivity index (χ3v) is 3.27. The van der Waals surface area contributed by atoms with Crippen LogP contribution in [0.4, 0.5) is 5.95 Å². The molecule has 0 N–H and O–H groups in total. The van der Waals surface area contributed by atoms with Crippen LogP contribution in [0.15, 0.2) is 12.4 Å². The molecule has 5 heteroatoms. The Morgan fingerprint density at radius 1 is 1.20 bits per heavy atom. The summed E-state index contributed by atoms with van der Waals surface area (Å²) in [6.45, 7) is 7.65. The van der Waals surface area contributed by atoms with Crippen LogP contribution in [0.2, 0.25) is 0 Å². The summed E-state index contributed by atoms with van der Waals surface area (Å²) in [5, 5.41) is 0. The molecular formula is C10H15IN4. The van der Waals surface area contributed by atoms with E-state index in [-0.39, 0.29) is 0 Å². The fourth-order valence-corrected chi connectivity index (χ4v) is 2.01. The maximum absolute atomic E-state index is 4.34. The van der Waals surface area contributed by atoms with Crippen LogP contribution in [-0.4, -0.2) is 47.6 Å². The van der Waals surface area contributed by atoms with Gasteiger partial charge in [-0.15, -0.1) is 0 Å². The Labute approximate surface area is 104 Å². The maximum atomic E-state index is 4.34.